The molecule has 2 aromatic carbocycles. The Labute approximate surface area is 250 Å². The molecule has 1 unspecified atom stereocenters. The summed E-state index contributed by atoms with van der Waals surface area (Å²) in [7, 11) is 1.49. The van der Waals surface area contributed by atoms with Crippen molar-refractivity contribution in [2.45, 2.75) is 35.9 Å². The molecule has 0 saturated carbocycles. The van der Waals surface area contributed by atoms with Crippen LogP contribution in [-0.4, -0.2) is 47.3 Å². The molecule has 2 aliphatic rings. The molecule has 2 saturated heterocycles. The lowest BCUT2D eigenvalue weighted by molar-refractivity contribution is -0.141. The van der Waals surface area contributed by atoms with Gasteiger partial charge in [0.1, 0.15) is 28.2 Å². The van der Waals surface area contributed by atoms with Gasteiger partial charge >= 0.3 is 6.18 Å². The van der Waals surface area contributed by atoms with E-state index in [1.807, 2.05) is 6.07 Å². The lowest BCUT2D eigenvalue weighted by atomic mass is 10.0. The van der Waals surface area contributed by atoms with E-state index in [-0.39, 0.29) is 33.9 Å². The summed E-state index contributed by atoms with van der Waals surface area (Å²) < 4.78 is 52.5. The maximum Gasteiger partial charge on any atom is 0.433 e. The Kier molecular flexibility index (Phi) is 8.82. The Balaban J connectivity index is 1.43. The highest BCUT2D eigenvalue weighted by Gasteiger charge is 2.35. The van der Waals surface area contributed by atoms with Crippen LogP contribution in [0.25, 0.3) is 17.2 Å². The van der Waals surface area contributed by atoms with Gasteiger partial charge < -0.3 is 14.8 Å². The number of thiocarbonyl (C=S) groups is 1. The van der Waals surface area contributed by atoms with Gasteiger partial charge in [-0.3, -0.25) is 9.69 Å². The number of benzene rings is 2. The predicted octanol–water partition coefficient (Wildman–Crippen LogP) is 6.18. The van der Waals surface area contributed by atoms with Crippen molar-refractivity contribution >= 4 is 41.1 Å². The van der Waals surface area contributed by atoms with Crippen LogP contribution in [0.5, 0.6) is 5.75 Å². The Morgan fingerprint density at radius 2 is 2.05 bits per heavy atom. The highest BCUT2D eigenvalue weighted by atomic mass is 32.2. The molecule has 2 fully saturated rings. The fourth-order valence-electron chi connectivity index (χ4n) is 4.77. The molecule has 12 heteroatoms. The first-order chi connectivity index (χ1) is 20.2. The number of alkyl halides is 3. The number of nitriles is 1. The van der Waals surface area contributed by atoms with E-state index in [1.165, 1.54) is 12.0 Å². The Morgan fingerprint density at radius 3 is 2.71 bits per heavy atom. The second-order valence-corrected chi connectivity index (χ2v) is 11.0. The minimum atomic E-state index is -4.70. The molecule has 7 nitrogen and oxygen atoms in total. The zero-order valence-electron chi connectivity index (χ0n) is 22.4. The summed E-state index contributed by atoms with van der Waals surface area (Å²) in [6.07, 6.45) is -1.28. The maximum atomic E-state index is 13.8. The number of carbonyl (C=O) groups excluding carboxylic acids is 1. The second-order valence-electron chi connectivity index (χ2n) is 9.61. The van der Waals surface area contributed by atoms with Crippen LogP contribution in [0.4, 0.5) is 13.2 Å². The number of pyridine rings is 1. The van der Waals surface area contributed by atoms with E-state index in [1.54, 1.807) is 54.6 Å². The summed E-state index contributed by atoms with van der Waals surface area (Å²) in [5, 5.41) is 13.2. The molecule has 216 valence electrons. The lowest BCUT2D eigenvalue weighted by Crippen LogP contribution is -2.37. The summed E-state index contributed by atoms with van der Waals surface area (Å²) in [5.41, 5.74) is 1.22. The molecule has 2 aliphatic heterocycles. The molecule has 1 atom stereocenters. The first-order valence-corrected chi connectivity index (χ1v) is 14.4. The number of hydrogen-bond acceptors (Lipinski definition) is 7. The van der Waals surface area contributed by atoms with Gasteiger partial charge in [0.25, 0.3) is 5.91 Å². The number of hydrogen-bond donors (Lipinski definition) is 1. The van der Waals surface area contributed by atoms with Crippen molar-refractivity contribution in [2.75, 3.05) is 20.3 Å². The third-order valence-corrected chi connectivity index (χ3v) is 8.17. The van der Waals surface area contributed by atoms with Crippen molar-refractivity contribution in [3.63, 3.8) is 0 Å². The van der Waals surface area contributed by atoms with Crippen LogP contribution in [0.15, 0.2) is 65.3 Å². The quantitative estimate of drug-likeness (QED) is 0.184. The molecule has 0 aliphatic carbocycles. The van der Waals surface area contributed by atoms with Crippen molar-refractivity contribution in [3.8, 4) is 22.9 Å². The summed E-state index contributed by atoms with van der Waals surface area (Å²) in [6, 6.07) is 16.6. The molecular weight excluding hydrogens is 585 g/mol. The van der Waals surface area contributed by atoms with Crippen LogP contribution in [0, 0.1) is 11.3 Å². The zero-order chi connectivity index (χ0) is 29.9. The monoisotopic (exact) mass is 610 g/mol. The number of nitrogens with one attached hydrogen (secondary N) is 1. The predicted molar refractivity (Wildman–Crippen MR) is 156 cm³/mol. The van der Waals surface area contributed by atoms with E-state index in [9.17, 15) is 23.2 Å². The van der Waals surface area contributed by atoms with Crippen LogP contribution >= 0.6 is 24.0 Å². The van der Waals surface area contributed by atoms with Gasteiger partial charge in [0.2, 0.25) is 0 Å². The van der Waals surface area contributed by atoms with Crippen molar-refractivity contribution < 1.29 is 27.4 Å². The second kappa shape index (κ2) is 12.5. The third-order valence-electron chi connectivity index (χ3n) is 6.83. The highest BCUT2D eigenvalue weighted by Crippen LogP contribution is 2.38. The van der Waals surface area contributed by atoms with Gasteiger partial charge in [-0.2, -0.15) is 18.4 Å². The smallest absolute Gasteiger partial charge is 0.433 e. The first-order valence-electron chi connectivity index (χ1n) is 13.0. The first kappa shape index (κ1) is 29.6. The van der Waals surface area contributed by atoms with E-state index < -0.39 is 11.9 Å². The largest absolute Gasteiger partial charge is 0.496 e. The van der Waals surface area contributed by atoms with Gasteiger partial charge in [0, 0.05) is 23.5 Å². The Bertz CT molecular complexity index is 1580. The fourth-order valence-corrected chi connectivity index (χ4v) is 6.02. The summed E-state index contributed by atoms with van der Waals surface area (Å²) in [5.74, 6) is 0.393. The van der Waals surface area contributed by atoms with Crippen molar-refractivity contribution in [3.05, 3.63) is 82.7 Å². The zero-order valence-corrected chi connectivity index (χ0v) is 24.0. The van der Waals surface area contributed by atoms with Crippen LogP contribution in [-0.2, 0) is 21.5 Å². The number of methoxy groups -OCH3 is 1. The molecule has 1 N–H and O–H groups in total. The number of ether oxygens (including phenoxy) is 2. The van der Waals surface area contributed by atoms with E-state index >= 15 is 0 Å². The molecule has 1 aromatic heterocycles. The summed E-state index contributed by atoms with van der Waals surface area (Å²) in [4.78, 5) is 18.4. The van der Waals surface area contributed by atoms with Crippen molar-refractivity contribution in [2.24, 2.45) is 0 Å². The highest BCUT2D eigenvalue weighted by molar-refractivity contribution is 7.98. The molecule has 1 amide bonds. The van der Waals surface area contributed by atoms with Gasteiger partial charge in [0.15, 0.2) is 5.11 Å². The molecule has 3 aromatic rings. The standard InChI is InChI=1S/C30H25F3N4O3S2/c1-39-25-10-9-18(13-24-28(38)37(29(41)35-24)16-21-8-5-11-40-21)12-20(25)17-42-27-23(15-34)22(19-6-3-2-4-7-19)14-26(36-27)30(31,32)33/h2-4,6-7,9-10,12-14,21H,5,8,11,16-17H2,1H3,(H,35,41)/b24-13+. The van der Waals surface area contributed by atoms with E-state index in [0.29, 0.717) is 46.4 Å². The minimum absolute atomic E-state index is 0.0419. The van der Waals surface area contributed by atoms with Crippen molar-refractivity contribution in [1.82, 2.24) is 15.2 Å². The SMILES string of the molecule is COc1ccc(/C=C2/NC(=S)N(CC3CCCO3)C2=O)cc1CSc1nc(C(F)(F)F)cc(-c2ccccc2)c1C#N. The van der Waals surface area contributed by atoms with E-state index in [2.05, 4.69) is 10.3 Å². The molecular formula is C30H25F3N4O3S2. The molecule has 5 rings (SSSR count). The maximum absolute atomic E-state index is 13.8. The van der Waals surface area contributed by atoms with E-state index in [4.69, 9.17) is 21.7 Å². The molecule has 42 heavy (non-hydrogen) atoms. The topological polar surface area (TPSA) is 87.5 Å². The average Bonchev–Trinajstić information content (AvgIpc) is 3.59. The van der Waals surface area contributed by atoms with Gasteiger partial charge in [0.05, 0.1) is 25.3 Å². The molecule has 0 spiro atoms. The van der Waals surface area contributed by atoms with Crippen LogP contribution < -0.4 is 10.1 Å². The fraction of sp³-hybridized carbons (Fsp3) is 0.267. The lowest BCUT2D eigenvalue weighted by Gasteiger charge is -2.18. The minimum Gasteiger partial charge on any atom is -0.496 e. The Morgan fingerprint density at radius 1 is 1.26 bits per heavy atom. The third kappa shape index (κ3) is 6.43. The van der Waals surface area contributed by atoms with Gasteiger partial charge in [-0.25, -0.2) is 4.98 Å². The normalized spacial score (nSPS) is 17.9. The van der Waals surface area contributed by atoms with Gasteiger partial charge in [-0.05, 0) is 60.5 Å². The summed E-state index contributed by atoms with van der Waals surface area (Å²) >= 11 is 6.38. The van der Waals surface area contributed by atoms with Gasteiger partial charge in [-0.15, -0.1) is 11.8 Å². The molecule has 3 heterocycles. The number of rotatable bonds is 8. The molecule has 0 radical (unpaired) electrons. The molecule has 0 bridgehead atoms. The number of carbonyl (C=O) groups is 1. The van der Waals surface area contributed by atoms with Crippen LogP contribution in [0.1, 0.15) is 35.2 Å². The van der Waals surface area contributed by atoms with Crippen LogP contribution in [0.2, 0.25) is 0 Å². The Hall–Kier alpha value is -3.92. The number of amides is 1. The van der Waals surface area contributed by atoms with Crippen LogP contribution in [0.3, 0.4) is 0 Å². The summed E-state index contributed by atoms with van der Waals surface area (Å²) in [6.45, 7) is 1.05. The van der Waals surface area contributed by atoms with E-state index in [0.717, 1.165) is 30.7 Å². The van der Waals surface area contributed by atoms with Gasteiger partial charge in [-0.1, -0.05) is 36.4 Å². The number of thioether (sulfide) groups is 1. The number of halogens is 3. The number of nitrogens with zero attached hydrogens (tertiary/aromatic N) is 3. The van der Waals surface area contributed by atoms with Crippen molar-refractivity contribution in [1.29, 1.82) is 5.26 Å². The average molecular weight is 611 g/mol. The number of aromatic nitrogens is 1.